The molecule has 2 fully saturated rings. The molecular weight excluding hydrogens is 388 g/mol. The molecule has 156 valence electrons. The number of benzene rings is 1. The first-order valence-electron chi connectivity index (χ1n) is 10.3. The van der Waals surface area contributed by atoms with Gasteiger partial charge in [-0.2, -0.15) is 0 Å². The number of aromatic nitrogens is 2. The highest BCUT2D eigenvalue weighted by Crippen LogP contribution is 2.25. The first kappa shape index (κ1) is 20.2. The van der Waals surface area contributed by atoms with Gasteiger partial charge in [-0.3, -0.25) is 9.59 Å². The number of fused-ring (bicyclic) bond motifs is 1. The van der Waals surface area contributed by atoms with Crippen LogP contribution in [0.1, 0.15) is 19.8 Å². The van der Waals surface area contributed by atoms with Crippen molar-refractivity contribution < 1.29 is 14.3 Å². The van der Waals surface area contributed by atoms with Gasteiger partial charge in [0.2, 0.25) is 11.8 Å². The van der Waals surface area contributed by atoms with E-state index in [2.05, 4.69) is 6.92 Å². The molecule has 7 nitrogen and oxygen atoms in total. The molecule has 0 bridgehead atoms. The van der Waals surface area contributed by atoms with Gasteiger partial charge in [0.25, 0.3) is 0 Å². The standard InChI is InChI=1S/C21H28N4O3S/c1-16-6-8-23(9-7-16)19(26)14-25-18-5-3-2-4-17(18)22-21(25)29-15-20(27)24-10-12-28-13-11-24/h2-5,16H,6-15H2,1H3. The third kappa shape index (κ3) is 4.75. The Morgan fingerprint density at radius 1 is 1.07 bits per heavy atom. The van der Waals surface area contributed by atoms with Crippen molar-refractivity contribution in [2.24, 2.45) is 5.92 Å². The topological polar surface area (TPSA) is 67.7 Å². The second-order valence-corrected chi connectivity index (χ2v) is 8.76. The molecule has 0 N–H and O–H groups in total. The van der Waals surface area contributed by atoms with Crippen molar-refractivity contribution in [3.8, 4) is 0 Å². The number of piperidine rings is 1. The molecule has 2 amide bonds. The Bertz CT molecular complexity index is 870. The predicted octanol–water partition coefficient (Wildman–Crippen LogP) is 2.25. The number of rotatable bonds is 5. The normalized spacial score (nSPS) is 18.4. The summed E-state index contributed by atoms with van der Waals surface area (Å²) in [6, 6.07) is 7.84. The molecule has 0 radical (unpaired) electrons. The number of para-hydroxylation sites is 2. The lowest BCUT2D eigenvalue weighted by Gasteiger charge is -2.30. The molecule has 29 heavy (non-hydrogen) atoms. The summed E-state index contributed by atoms with van der Waals surface area (Å²) in [6.07, 6.45) is 2.12. The summed E-state index contributed by atoms with van der Waals surface area (Å²) in [5.74, 6) is 1.22. The number of imidazole rings is 1. The molecule has 4 rings (SSSR count). The smallest absolute Gasteiger partial charge is 0.242 e. The fourth-order valence-electron chi connectivity index (χ4n) is 3.84. The fraction of sp³-hybridized carbons (Fsp3) is 0.571. The van der Waals surface area contributed by atoms with Crippen LogP contribution in [-0.4, -0.2) is 76.3 Å². The Labute approximate surface area is 175 Å². The maximum atomic E-state index is 12.9. The Morgan fingerprint density at radius 2 is 1.76 bits per heavy atom. The number of ether oxygens (including phenoxy) is 1. The van der Waals surface area contributed by atoms with Gasteiger partial charge in [0, 0.05) is 26.2 Å². The number of hydrogen-bond acceptors (Lipinski definition) is 5. The molecule has 2 aliphatic heterocycles. The monoisotopic (exact) mass is 416 g/mol. The van der Waals surface area contributed by atoms with E-state index in [1.54, 1.807) is 0 Å². The molecule has 0 unspecified atom stereocenters. The van der Waals surface area contributed by atoms with Crippen LogP contribution in [0.25, 0.3) is 11.0 Å². The quantitative estimate of drug-likeness (QED) is 0.700. The maximum absolute atomic E-state index is 12.9. The highest BCUT2D eigenvalue weighted by Gasteiger charge is 2.23. The molecule has 0 aliphatic carbocycles. The highest BCUT2D eigenvalue weighted by molar-refractivity contribution is 7.99. The van der Waals surface area contributed by atoms with Crippen molar-refractivity contribution in [1.82, 2.24) is 19.4 Å². The lowest BCUT2D eigenvalue weighted by molar-refractivity contribution is -0.133. The van der Waals surface area contributed by atoms with Gasteiger partial charge in [-0.25, -0.2) is 4.98 Å². The predicted molar refractivity (Wildman–Crippen MR) is 113 cm³/mol. The number of nitrogens with zero attached hydrogens (tertiary/aromatic N) is 4. The largest absolute Gasteiger partial charge is 0.378 e. The molecule has 2 aromatic rings. The highest BCUT2D eigenvalue weighted by atomic mass is 32.2. The van der Waals surface area contributed by atoms with E-state index in [0.29, 0.717) is 38.0 Å². The van der Waals surface area contributed by atoms with E-state index in [4.69, 9.17) is 9.72 Å². The number of likely N-dealkylation sites (tertiary alicyclic amines) is 1. The van der Waals surface area contributed by atoms with Crippen LogP contribution < -0.4 is 0 Å². The lowest BCUT2D eigenvalue weighted by Crippen LogP contribution is -2.41. The van der Waals surface area contributed by atoms with Gasteiger partial charge in [-0.15, -0.1) is 0 Å². The van der Waals surface area contributed by atoms with Crippen molar-refractivity contribution in [1.29, 1.82) is 0 Å². The second kappa shape index (κ2) is 9.17. The third-order valence-electron chi connectivity index (χ3n) is 5.74. The molecule has 1 aromatic heterocycles. The van der Waals surface area contributed by atoms with Crippen molar-refractivity contribution in [3.63, 3.8) is 0 Å². The van der Waals surface area contributed by atoms with Crippen LogP contribution in [0.2, 0.25) is 0 Å². The first-order valence-corrected chi connectivity index (χ1v) is 11.3. The van der Waals surface area contributed by atoms with Gasteiger partial charge in [0.1, 0.15) is 6.54 Å². The van der Waals surface area contributed by atoms with E-state index < -0.39 is 0 Å². The number of carbonyl (C=O) groups excluding carboxylic acids is 2. The summed E-state index contributed by atoms with van der Waals surface area (Å²) in [7, 11) is 0. The second-order valence-electron chi connectivity index (χ2n) is 7.81. The van der Waals surface area contributed by atoms with Gasteiger partial charge in [-0.1, -0.05) is 30.8 Å². The molecule has 2 aliphatic rings. The minimum absolute atomic E-state index is 0.0910. The van der Waals surface area contributed by atoms with E-state index in [9.17, 15) is 9.59 Å². The van der Waals surface area contributed by atoms with E-state index in [1.165, 1.54) is 11.8 Å². The number of morpholine rings is 1. The van der Waals surface area contributed by atoms with Crippen LogP contribution in [0.5, 0.6) is 0 Å². The molecule has 0 spiro atoms. The number of carbonyl (C=O) groups is 2. The Morgan fingerprint density at radius 3 is 2.52 bits per heavy atom. The SMILES string of the molecule is CC1CCN(C(=O)Cn2c(SCC(=O)N3CCOCC3)nc3ccccc32)CC1. The van der Waals surface area contributed by atoms with Crippen LogP contribution in [-0.2, 0) is 20.9 Å². The van der Waals surface area contributed by atoms with Crippen LogP contribution >= 0.6 is 11.8 Å². The molecule has 0 atom stereocenters. The summed E-state index contributed by atoms with van der Waals surface area (Å²) in [5, 5.41) is 0.728. The summed E-state index contributed by atoms with van der Waals surface area (Å²) >= 11 is 1.41. The van der Waals surface area contributed by atoms with E-state index in [1.807, 2.05) is 38.6 Å². The molecule has 1 aromatic carbocycles. The first-order chi connectivity index (χ1) is 14.1. The average Bonchev–Trinajstić information content (AvgIpc) is 3.10. The van der Waals surface area contributed by atoms with Gasteiger partial charge in [0.15, 0.2) is 5.16 Å². The zero-order valence-electron chi connectivity index (χ0n) is 16.9. The van der Waals surface area contributed by atoms with Crippen LogP contribution in [0.4, 0.5) is 0 Å². The number of thioether (sulfide) groups is 1. The molecular formula is C21H28N4O3S. The summed E-state index contributed by atoms with van der Waals surface area (Å²) in [4.78, 5) is 34.0. The third-order valence-corrected chi connectivity index (χ3v) is 6.70. The minimum Gasteiger partial charge on any atom is -0.378 e. The van der Waals surface area contributed by atoms with Gasteiger partial charge in [0.05, 0.1) is 30.0 Å². The van der Waals surface area contributed by atoms with Crippen LogP contribution in [0.3, 0.4) is 0 Å². The Kier molecular flexibility index (Phi) is 6.40. The summed E-state index contributed by atoms with van der Waals surface area (Å²) < 4.78 is 7.29. The van der Waals surface area contributed by atoms with E-state index in [-0.39, 0.29) is 18.4 Å². The van der Waals surface area contributed by atoms with Gasteiger partial charge >= 0.3 is 0 Å². The van der Waals surface area contributed by atoms with Crippen molar-refractivity contribution in [3.05, 3.63) is 24.3 Å². The van der Waals surface area contributed by atoms with Crippen molar-refractivity contribution in [2.45, 2.75) is 31.5 Å². The zero-order chi connectivity index (χ0) is 20.2. The average molecular weight is 417 g/mol. The van der Waals surface area contributed by atoms with Gasteiger partial charge in [-0.05, 0) is 30.9 Å². The minimum atomic E-state index is 0.0910. The summed E-state index contributed by atoms with van der Waals surface area (Å²) in [6.45, 7) is 6.63. The molecule has 8 heteroatoms. The maximum Gasteiger partial charge on any atom is 0.242 e. The lowest BCUT2D eigenvalue weighted by atomic mass is 9.99. The van der Waals surface area contributed by atoms with E-state index >= 15 is 0 Å². The Hall–Kier alpha value is -2.06. The number of amides is 2. The Balaban J connectivity index is 1.48. The molecule has 3 heterocycles. The van der Waals surface area contributed by atoms with Crippen molar-refractivity contribution in [2.75, 3.05) is 45.1 Å². The fourth-order valence-corrected chi connectivity index (χ4v) is 4.76. The zero-order valence-corrected chi connectivity index (χ0v) is 17.7. The van der Waals surface area contributed by atoms with Crippen LogP contribution in [0, 0.1) is 5.92 Å². The summed E-state index contributed by atoms with van der Waals surface area (Å²) in [5.41, 5.74) is 1.79. The number of hydrogen-bond donors (Lipinski definition) is 0. The van der Waals surface area contributed by atoms with E-state index in [0.717, 1.165) is 42.1 Å². The molecule has 2 saturated heterocycles. The van der Waals surface area contributed by atoms with Crippen LogP contribution in [0.15, 0.2) is 29.4 Å². The van der Waals surface area contributed by atoms with Gasteiger partial charge < -0.3 is 19.1 Å². The molecule has 0 saturated carbocycles. The van der Waals surface area contributed by atoms with Crippen molar-refractivity contribution >= 4 is 34.6 Å².